The molecule has 4 atom stereocenters. The van der Waals surface area contributed by atoms with Gasteiger partial charge in [0.05, 0.1) is 18.8 Å². The van der Waals surface area contributed by atoms with Gasteiger partial charge in [-0.05, 0) is 5.56 Å². The lowest BCUT2D eigenvalue weighted by molar-refractivity contribution is -0.0824. The third-order valence-electron chi connectivity index (χ3n) is 5.00. The molecule has 1 fully saturated rings. The Kier molecular flexibility index (Phi) is 5.10. The first-order chi connectivity index (χ1) is 14.5. The summed E-state index contributed by atoms with van der Waals surface area (Å²) >= 11 is 4.35. The van der Waals surface area contributed by atoms with E-state index >= 15 is 0 Å². The lowest BCUT2D eigenvalue weighted by Gasteiger charge is -2.31. The number of imidazole rings is 2. The van der Waals surface area contributed by atoms with Gasteiger partial charge in [-0.1, -0.05) is 30.3 Å². The largest absolute Gasteiger partial charge is 0.388 e. The van der Waals surface area contributed by atoms with Gasteiger partial charge in [-0.3, -0.25) is 4.79 Å². The Hall–Kier alpha value is -2.27. The minimum atomic E-state index is -1.07. The third kappa shape index (κ3) is 3.33. The number of fused-ring (bicyclic) bond motifs is 2. The zero-order valence-corrected chi connectivity index (χ0v) is 17.4. The van der Waals surface area contributed by atoms with Gasteiger partial charge < -0.3 is 28.8 Å². The van der Waals surface area contributed by atoms with Gasteiger partial charge in [0, 0.05) is 6.20 Å². The zero-order valence-electron chi connectivity index (χ0n) is 15.5. The molecule has 12 heteroatoms. The Balaban J connectivity index is 1.57. The fourth-order valence-electron chi connectivity index (χ4n) is 3.48. The molecule has 30 heavy (non-hydrogen) atoms. The highest BCUT2D eigenvalue weighted by Gasteiger charge is 2.33. The van der Waals surface area contributed by atoms with Gasteiger partial charge in [-0.15, -0.1) is 12.6 Å². The summed E-state index contributed by atoms with van der Waals surface area (Å²) in [7, 11) is -0.257. The van der Waals surface area contributed by atoms with E-state index in [1.807, 2.05) is 30.3 Å². The second-order valence-electron chi connectivity index (χ2n) is 6.95. The van der Waals surface area contributed by atoms with Gasteiger partial charge in [0.2, 0.25) is 5.78 Å². The molecule has 1 aromatic carbocycles. The first-order valence-electron chi connectivity index (χ1n) is 9.17. The molecule has 3 N–H and O–H groups in total. The van der Waals surface area contributed by atoms with Crippen LogP contribution >= 0.6 is 21.7 Å². The van der Waals surface area contributed by atoms with Crippen LogP contribution in [0.15, 0.2) is 46.5 Å². The second-order valence-corrected chi connectivity index (χ2v) is 8.04. The van der Waals surface area contributed by atoms with Crippen molar-refractivity contribution < 1.29 is 19.3 Å². The van der Waals surface area contributed by atoms with E-state index < -0.39 is 18.3 Å². The molecule has 0 bridgehead atoms. The summed E-state index contributed by atoms with van der Waals surface area (Å²) in [4.78, 5) is 24.9. The fourth-order valence-corrected chi connectivity index (χ4v) is 4.49. The Morgan fingerprint density at radius 1 is 1.33 bits per heavy atom. The number of H-pyrrole nitrogens is 1. The van der Waals surface area contributed by atoms with Crippen molar-refractivity contribution in [2.45, 2.75) is 30.0 Å². The summed E-state index contributed by atoms with van der Waals surface area (Å²) in [6, 6.07) is 9.58. The number of aromatic nitrogens is 5. The van der Waals surface area contributed by atoms with Crippen LogP contribution in [0.1, 0.15) is 0 Å². The number of benzene rings is 1. The summed E-state index contributed by atoms with van der Waals surface area (Å²) in [6.45, 7) is 0.0833. The van der Waals surface area contributed by atoms with Crippen molar-refractivity contribution in [1.29, 1.82) is 0 Å². The number of aromatic amines is 1. The Morgan fingerprint density at radius 3 is 2.90 bits per heavy atom. The molecule has 4 heterocycles. The molecule has 0 aliphatic carbocycles. The first-order valence-corrected chi connectivity index (χ1v) is 10.4. The summed E-state index contributed by atoms with van der Waals surface area (Å²) in [5.74, 6) is 0.346. The Bertz CT molecular complexity index is 1270. The van der Waals surface area contributed by atoms with Crippen LogP contribution in [-0.2, 0) is 15.6 Å². The van der Waals surface area contributed by atoms with Gasteiger partial charge >= 0.3 is 0 Å². The second kappa shape index (κ2) is 7.77. The lowest BCUT2D eigenvalue weighted by Crippen LogP contribution is -2.44. The van der Waals surface area contributed by atoms with E-state index in [2.05, 4.69) is 27.6 Å². The molecule has 10 nitrogen and oxygen atoms in total. The summed E-state index contributed by atoms with van der Waals surface area (Å²) in [5, 5.41) is 20.9. The normalized spacial score (nSPS) is 21.6. The van der Waals surface area contributed by atoms with E-state index in [0.29, 0.717) is 5.78 Å². The SMILES string of the molecule is O=c1c2nc(S)n(CC(O)C3OPOCC3O)c2nc2[nH]c(-c3ccccc3)cn12. The van der Waals surface area contributed by atoms with Crippen molar-refractivity contribution in [3.05, 3.63) is 46.9 Å². The molecule has 1 aliphatic heterocycles. The summed E-state index contributed by atoms with van der Waals surface area (Å²) in [6.07, 6.45) is -1.16. The highest BCUT2D eigenvalue weighted by Crippen LogP contribution is 2.28. The molecule has 1 saturated heterocycles. The van der Waals surface area contributed by atoms with Crippen molar-refractivity contribution in [3.8, 4) is 11.3 Å². The molecule has 0 saturated carbocycles. The summed E-state index contributed by atoms with van der Waals surface area (Å²) < 4.78 is 13.3. The van der Waals surface area contributed by atoms with Crippen LogP contribution in [0.3, 0.4) is 0 Å². The number of thiol groups is 1. The van der Waals surface area contributed by atoms with Crippen LogP contribution in [0, 0.1) is 0 Å². The average Bonchev–Trinajstić information content (AvgIpc) is 3.32. The maximum Gasteiger partial charge on any atom is 0.287 e. The smallest absolute Gasteiger partial charge is 0.287 e. The number of hydrogen-bond acceptors (Lipinski definition) is 8. The standard InChI is InChI=1S/C18H18N5O5PS/c24-11(14-12(25)8-27-29-28-14)7-22-15-13(20-18(22)30)16(26)23-6-10(19-17(23)21-15)9-4-2-1-3-5-9/h1-6,11-12,14,24-25,29H,7-8H2,(H,19,21)(H,20,30). The minimum Gasteiger partial charge on any atom is -0.388 e. The number of rotatable bonds is 4. The van der Waals surface area contributed by atoms with E-state index in [-0.39, 0.29) is 44.1 Å². The van der Waals surface area contributed by atoms with Gasteiger partial charge in [0.15, 0.2) is 25.4 Å². The van der Waals surface area contributed by atoms with Gasteiger partial charge in [0.25, 0.3) is 5.56 Å². The average molecular weight is 447 g/mol. The van der Waals surface area contributed by atoms with E-state index in [4.69, 9.17) is 9.05 Å². The molecule has 1 aliphatic rings. The van der Waals surface area contributed by atoms with E-state index in [1.165, 1.54) is 8.97 Å². The van der Waals surface area contributed by atoms with Gasteiger partial charge in [-0.2, -0.15) is 4.98 Å². The van der Waals surface area contributed by atoms with Gasteiger partial charge in [0.1, 0.15) is 18.3 Å². The minimum absolute atomic E-state index is 0.00357. The number of aliphatic hydroxyl groups is 2. The Labute approximate surface area is 176 Å². The van der Waals surface area contributed by atoms with Crippen molar-refractivity contribution in [2.75, 3.05) is 6.61 Å². The van der Waals surface area contributed by atoms with Crippen LogP contribution in [0.2, 0.25) is 0 Å². The van der Waals surface area contributed by atoms with E-state index in [1.54, 1.807) is 6.20 Å². The van der Waals surface area contributed by atoms with E-state index in [0.717, 1.165) is 11.3 Å². The van der Waals surface area contributed by atoms with Crippen LogP contribution in [0.4, 0.5) is 0 Å². The maximum absolute atomic E-state index is 13.0. The van der Waals surface area contributed by atoms with E-state index in [9.17, 15) is 15.0 Å². The molecule has 0 radical (unpaired) electrons. The van der Waals surface area contributed by atoms with Gasteiger partial charge in [-0.25, -0.2) is 9.38 Å². The quantitative estimate of drug-likeness (QED) is 0.271. The van der Waals surface area contributed by atoms with Crippen LogP contribution < -0.4 is 5.56 Å². The highest BCUT2D eigenvalue weighted by atomic mass is 32.1. The third-order valence-corrected chi connectivity index (χ3v) is 5.99. The lowest BCUT2D eigenvalue weighted by atomic mass is 10.1. The van der Waals surface area contributed by atoms with Crippen molar-refractivity contribution in [1.82, 2.24) is 23.9 Å². The molecule has 5 rings (SSSR count). The van der Waals surface area contributed by atoms with Crippen molar-refractivity contribution in [2.24, 2.45) is 0 Å². The predicted octanol–water partition coefficient (Wildman–Crippen LogP) is 0.974. The fraction of sp³-hybridized carbons (Fsp3) is 0.278. The molecule has 4 aromatic rings. The molecule has 4 unspecified atom stereocenters. The number of nitrogens with one attached hydrogen (secondary N) is 1. The van der Waals surface area contributed by atoms with Crippen LogP contribution in [0.25, 0.3) is 28.2 Å². The monoisotopic (exact) mass is 447 g/mol. The highest BCUT2D eigenvalue weighted by molar-refractivity contribution is 7.80. The van der Waals surface area contributed by atoms with Crippen LogP contribution in [0.5, 0.6) is 0 Å². The number of aliphatic hydroxyl groups excluding tert-OH is 2. The summed E-state index contributed by atoms with van der Waals surface area (Å²) in [5.41, 5.74) is 1.74. The molecule has 0 spiro atoms. The predicted molar refractivity (Wildman–Crippen MR) is 113 cm³/mol. The first kappa shape index (κ1) is 19.7. The zero-order chi connectivity index (χ0) is 20.8. The number of hydrogen-bond donors (Lipinski definition) is 4. The maximum atomic E-state index is 13.0. The van der Waals surface area contributed by atoms with Crippen molar-refractivity contribution >= 4 is 38.6 Å². The Morgan fingerprint density at radius 2 is 2.13 bits per heavy atom. The molecule has 156 valence electrons. The van der Waals surface area contributed by atoms with Crippen LogP contribution in [-0.4, -0.2) is 59.1 Å². The molecule has 3 aromatic heterocycles. The molecular weight excluding hydrogens is 429 g/mol. The van der Waals surface area contributed by atoms with Crippen molar-refractivity contribution in [3.63, 3.8) is 0 Å². The topological polar surface area (TPSA) is 127 Å². The molecular formula is C18H18N5O5PS. The molecule has 0 amide bonds. The number of nitrogens with zero attached hydrogens (tertiary/aromatic N) is 4.